The van der Waals surface area contributed by atoms with Crippen LogP contribution in [-0.2, 0) is 4.79 Å². The van der Waals surface area contributed by atoms with Crippen molar-refractivity contribution >= 4 is 11.8 Å². The maximum atomic E-state index is 12.3. The molecule has 2 rings (SSSR count). The van der Waals surface area contributed by atoms with Crippen LogP contribution in [0.1, 0.15) is 35.7 Å². The summed E-state index contributed by atoms with van der Waals surface area (Å²) in [5.74, 6) is 0.196. The molecule has 0 aliphatic carbocycles. The number of nitrogens with one attached hydrogen (secondary N) is 1. The fourth-order valence-corrected chi connectivity index (χ4v) is 2.49. The van der Waals surface area contributed by atoms with E-state index in [4.69, 9.17) is 0 Å². The Bertz CT molecular complexity index is 474. The Kier molecular flexibility index (Phi) is 4.77. The second-order valence-corrected chi connectivity index (χ2v) is 5.16. The smallest absolute Gasteiger partial charge is 0.253 e. The van der Waals surface area contributed by atoms with Crippen LogP contribution in [0.15, 0.2) is 24.3 Å². The summed E-state index contributed by atoms with van der Waals surface area (Å²) in [4.78, 5) is 25.9. The van der Waals surface area contributed by atoms with Gasteiger partial charge in [0, 0.05) is 31.1 Å². The summed E-state index contributed by atoms with van der Waals surface area (Å²) < 4.78 is 0. The fraction of sp³-hybridized carbons (Fsp3) is 0.438. The maximum Gasteiger partial charge on any atom is 0.253 e. The Morgan fingerprint density at radius 3 is 2.40 bits per heavy atom. The van der Waals surface area contributed by atoms with Crippen molar-refractivity contribution in [3.05, 3.63) is 42.3 Å². The summed E-state index contributed by atoms with van der Waals surface area (Å²) in [6, 6.07) is 7.30. The first-order valence-electron chi connectivity index (χ1n) is 7.11. The quantitative estimate of drug-likeness (QED) is 0.914. The number of rotatable bonds is 3. The highest BCUT2D eigenvalue weighted by atomic mass is 16.2. The summed E-state index contributed by atoms with van der Waals surface area (Å²) in [7, 11) is 0. The van der Waals surface area contributed by atoms with Crippen LogP contribution < -0.4 is 5.32 Å². The van der Waals surface area contributed by atoms with Gasteiger partial charge in [-0.1, -0.05) is 12.1 Å². The van der Waals surface area contributed by atoms with E-state index in [9.17, 15) is 9.59 Å². The molecule has 0 atom stereocenters. The molecule has 1 saturated heterocycles. The Hall–Kier alpha value is -1.84. The predicted octanol–water partition coefficient (Wildman–Crippen LogP) is 1.86. The minimum absolute atomic E-state index is 0.0411. The van der Waals surface area contributed by atoms with Gasteiger partial charge in [0.05, 0.1) is 0 Å². The van der Waals surface area contributed by atoms with Gasteiger partial charge in [-0.15, -0.1) is 0 Å². The Balaban J connectivity index is 1.92. The van der Waals surface area contributed by atoms with Crippen LogP contribution in [0.25, 0.3) is 0 Å². The monoisotopic (exact) mass is 273 g/mol. The number of carbonyl (C=O) groups is 2. The van der Waals surface area contributed by atoms with Gasteiger partial charge in [-0.25, -0.2) is 0 Å². The normalized spacial score (nSPS) is 16.0. The van der Waals surface area contributed by atoms with Gasteiger partial charge < -0.3 is 10.2 Å². The lowest BCUT2D eigenvalue weighted by atomic mass is 9.95. The molecule has 2 amide bonds. The van der Waals surface area contributed by atoms with E-state index in [0.717, 1.165) is 18.4 Å². The van der Waals surface area contributed by atoms with Crippen molar-refractivity contribution in [2.24, 2.45) is 5.92 Å². The summed E-state index contributed by atoms with van der Waals surface area (Å²) in [5, 5.41) is 2.85. The van der Waals surface area contributed by atoms with Crippen LogP contribution >= 0.6 is 0 Å². The largest absolute Gasteiger partial charge is 0.356 e. The van der Waals surface area contributed by atoms with Gasteiger partial charge in [-0.05, 0) is 44.4 Å². The number of nitrogens with zero attached hydrogens (tertiary/aromatic N) is 1. The molecular formula is C16H21N2O2. The van der Waals surface area contributed by atoms with Gasteiger partial charge in [-0.2, -0.15) is 0 Å². The molecule has 1 heterocycles. The number of carbonyl (C=O) groups excluding carboxylic acids is 2. The first-order valence-corrected chi connectivity index (χ1v) is 7.11. The third-order valence-corrected chi connectivity index (χ3v) is 3.70. The number of likely N-dealkylation sites (tertiary alicyclic amines) is 1. The minimum Gasteiger partial charge on any atom is -0.356 e. The van der Waals surface area contributed by atoms with Gasteiger partial charge in [0.15, 0.2) is 0 Å². The van der Waals surface area contributed by atoms with Crippen molar-refractivity contribution in [2.75, 3.05) is 19.6 Å². The van der Waals surface area contributed by atoms with Crippen LogP contribution in [-0.4, -0.2) is 36.3 Å². The first-order chi connectivity index (χ1) is 9.61. The van der Waals surface area contributed by atoms with E-state index in [2.05, 4.69) is 12.2 Å². The summed E-state index contributed by atoms with van der Waals surface area (Å²) in [6.07, 6.45) is 1.48. The van der Waals surface area contributed by atoms with E-state index in [1.54, 1.807) is 12.1 Å². The standard InChI is InChI=1S/C16H21N2O2/c1-3-17-15(19)13-8-10-18(11-9-13)16(20)14-6-4-12(2)5-7-14/h4-7,13H,2-3,8-11H2,1H3,(H,17,19). The van der Waals surface area contributed by atoms with Crippen molar-refractivity contribution in [1.29, 1.82) is 0 Å². The molecule has 20 heavy (non-hydrogen) atoms. The van der Waals surface area contributed by atoms with Crippen molar-refractivity contribution in [3.63, 3.8) is 0 Å². The lowest BCUT2D eigenvalue weighted by Crippen LogP contribution is -2.43. The van der Waals surface area contributed by atoms with Crippen LogP contribution in [0, 0.1) is 12.8 Å². The van der Waals surface area contributed by atoms with Crippen LogP contribution in [0.2, 0.25) is 0 Å². The molecular weight excluding hydrogens is 252 g/mol. The van der Waals surface area contributed by atoms with Gasteiger partial charge in [0.2, 0.25) is 5.91 Å². The van der Waals surface area contributed by atoms with E-state index in [0.29, 0.717) is 25.2 Å². The lowest BCUT2D eigenvalue weighted by Gasteiger charge is -2.31. The number of benzene rings is 1. The summed E-state index contributed by atoms with van der Waals surface area (Å²) in [5.41, 5.74) is 1.59. The molecule has 1 aromatic carbocycles. The molecule has 107 valence electrons. The van der Waals surface area contributed by atoms with Gasteiger partial charge in [0.25, 0.3) is 5.91 Å². The molecule has 4 nitrogen and oxygen atoms in total. The number of amides is 2. The highest BCUT2D eigenvalue weighted by Gasteiger charge is 2.27. The molecule has 0 spiro atoms. The highest BCUT2D eigenvalue weighted by molar-refractivity contribution is 5.94. The van der Waals surface area contributed by atoms with Crippen molar-refractivity contribution in [2.45, 2.75) is 19.8 Å². The van der Waals surface area contributed by atoms with Crippen molar-refractivity contribution in [1.82, 2.24) is 10.2 Å². The molecule has 4 heteroatoms. The number of hydrogen-bond acceptors (Lipinski definition) is 2. The van der Waals surface area contributed by atoms with Crippen LogP contribution in [0.3, 0.4) is 0 Å². The third-order valence-electron chi connectivity index (χ3n) is 3.70. The molecule has 0 unspecified atom stereocenters. The number of hydrogen-bond donors (Lipinski definition) is 1. The molecule has 1 aromatic rings. The van der Waals surface area contributed by atoms with Crippen molar-refractivity contribution in [3.8, 4) is 0 Å². The SMILES string of the molecule is [CH2]c1ccc(C(=O)N2CCC(C(=O)NCC)CC2)cc1. The van der Waals surface area contributed by atoms with Gasteiger partial charge in [0.1, 0.15) is 0 Å². The Morgan fingerprint density at radius 1 is 1.25 bits per heavy atom. The zero-order chi connectivity index (χ0) is 14.5. The van der Waals surface area contributed by atoms with E-state index in [1.165, 1.54) is 0 Å². The Morgan fingerprint density at radius 2 is 1.85 bits per heavy atom. The fourth-order valence-electron chi connectivity index (χ4n) is 2.49. The molecule has 1 radical (unpaired) electrons. The molecule has 1 aliphatic heterocycles. The molecule has 0 saturated carbocycles. The highest BCUT2D eigenvalue weighted by Crippen LogP contribution is 2.19. The summed E-state index contributed by atoms with van der Waals surface area (Å²) in [6.45, 7) is 7.68. The molecule has 1 N–H and O–H groups in total. The van der Waals surface area contributed by atoms with E-state index >= 15 is 0 Å². The zero-order valence-corrected chi connectivity index (χ0v) is 11.9. The zero-order valence-electron chi connectivity index (χ0n) is 11.9. The predicted molar refractivity (Wildman–Crippen MR) is 78.2 cm³/mol. The molecule has 0 aromatic heterocycles. The molecule has 0 bridgehead atoms. The average Bonchev–Trinajstić information content (AvgIpc) is 2.48. The third kappa shape index (κ3) is 3.38. The molecule has 1 aliphatic rings. The second kappa shape index (κ2) is 6.55. The van der Waals surface area contributed by atoms with E-state index in [1.807, 2.05) is 24.0 Å². The lowest BCUT2D eigenvalue weighted by molar-refractivity contribution is -0.126. The maximum absolute atomic E-state index is 12.3. The van der Waals surface area contributed by atoms with Gasteiger partial charge in [-0.3, -0.25) is 9.59 Å². The number of piperidine rings is 1. The topological polar surface area (TPSA) is 49.4 Å². The van der Waals surface area contributed by atoms with Crippen LogP contribution in [0.4, 0.5) is 0 Å². The Labute approximate surface area is 120 Å². The van der Waals surface area contributed by atoms with E-state index in [-0.39, 0.29) is 17.7 Å². The second-order valence-electron chi connectivity index (χ2n) is 5.16. The first kappa shape index (κ1) is 14.6. The minimum atomic E-state index is 0.0411. The molecule has 1 fully saturated rings. The average molecular weight is 273 g/mol. The van der Waals surface area contributed by atoms with Crippen molar-refractivity contribution < 1.29 is 9.59 Å². The van der Waals surface area contributed by atoms with Crippen LogP contribution in [0.5, 0.6) is 0 Å². The summed E-state index contributed by atoms with van der Waals surface area (Å²) >= 11 is 0. The van der Waals surface area contributed by atoms with E-state index < -0.39 is 0 Å². The van der Waals surface area contributed by atoms with Gasteiger partial charge >= 0.3 is 0 Å².